The second-order valence-electron chi connectivity index (χ2n) is 5.21. The summed E-state index contributed by atoms with van der Waals surface area (Å²) in [7, 11) is 1.61. The van der Waals surface area contributed by atoms with Gasteiger partial charge in [0.05, 0.1) is 12.9 Å². The zero-order valence-electron chi connectivity index (χ0n) is 13.8. The molecule has 128 valence electrons. The molecule has 1 aromatic heterocycles. The summed E-state index contributed by atoms with van der Waals surface area (Å²) in [5.74, 6) is 0.833. The van der Waals surface area contributed by atoms with Crippen molar-refractivity contribution in [1.29, 1.82) is 0 Å². The van der Waals surface area contributed by atoms with Crippen LogP contribution in [0.4, 0.5) is 0 Å². The Morgan fingerprint density at radius 2 is 2.21 bits per heavy atom. The van der Waals surface area contributed by atoms with E-state index in [0.29, 0.717) is 11.7 Å². The summed E-state index contributed by atoms with van der Waals surface area (Å²) in [6, 6.07) is 9.02. The van der Waals surface area contributed by atoms with Gasteiger partial charge in [-0.25, -0.2) is 4.98 Å². The van der Waals surface area contributed by atoms with Crippen LogP contribution in [0.1, 0.15) is 24.6 Å². The summed E-state index contributed by atoms with van der Waals surface area (Å²) in [6.45, 7) is 2.46. The van der Waals surface area contributed by atoms with Crippen LogP contribution in [0.15, 0.2) is 40.3 Å². The fourth-order valence-electron chi connectivity index (χ4n) is 2.10. The number of aryl methyl sites for hydroxylation is 1. The molecule has 1 amide bonds. The standard InChI is InChI=1S/C17H21N3O3S/c1-3-5-13-9-15(21)20-17(19-13)24-11-16(22)18-10-12-6-4-7-14(8-12)23-2/h4,6-9H,3,5,10-11H2,1-2H3,(H,18,22)(H,19,20,21). The number of carbonyl (C=O) groups excluding carboxylic acids is 1. The number of amides is 1. The number of methoxy groups -OCH3 is 1. The average molecular weight is 347 g/mol. The van der Waals surface area contributed by atoms with Crippen molar-refractivity contribution in [2.75, 3.05) is 12.9 Å². The van der Waals surface area contributed by atoms with Crippen molar-refractivity contribution >= 4 is 17.7 Å². The van der Waals surface area contributed by atoms with Gasteiger partial charge in [-0.1, -0.05) is 37.2 Å². The first-order valence-electron chi connectivity index (χ1n) is 7.73. The predicted octanol–water partition coefficient (Wildman–Crippen LogP) is 2.14. The predicted molar refractivity (Wildman–Crippen MR) is 94.4 cm³/mol. The van der Waals surface area contributed by atoms with E-state index in [0.717, 1.165) is 29.8 Å². The van der Waals surface area contributed by atoms with Crippen LogP contribution in [-0.2, 0) is 17.8 Å². The van der Waals surface area contributed by atoms with Gasteiger partial charge in [-0.05, 0) is 24.1 Å². The number of hydrogen-bond acceptors (Lipinski definition) is 5. The summed E-state index contributed by atoms with van der Waals surface area (Å²) in [6.07, 6.45) is 1.67. The first-order valence-corrected chi connectivity index (χ1v) is 8.72. The molecule has 0 radical (unpaired) electrons. The average Bonchev–Trinajstić information content (AvgIpc) is 2.58. The largest absolute Gasteiger partial charge is 0.497 e. The maximum atomic E-state index is 12.0. The van der Waals surface area contributed by atoms with Gasteiger partial charge in [-0.3, -0.25) is 9.59 Å². The molecule has 0 unspecified atom stereocenters. The van der Waals surface area contributed by atoms with Gasteiger partial charge in [-0.15, -0.1) is 0 Å². The van der Waals surface area contributed by atoms with Crippen LogP contribution in [-0.4, -0.2) is 28.7 Å². The normalized spacial score (nSPS) is 10.4. The van der Waals surface area contributed by atoms with Gasteiger partial charge in [0.2, 0.25) is 5.91 Å². The number of thioether (sulfide) groups is 1. The molecule has 0 fully saturated rings. The van der Waals surface area contributed by atoms with E-state index in [2.05, 4.69) is 15.3 Å². The van der Waals surface area contributed by atoms with Crippen molar-refractivity contribution < 1.29 is 9.53 Å². The number of hydrogen-bond donors (Lipinski definition) is 2. The van der Waals surface area contributed by atoms with Gasteiger partial charge in [0.15, 0.2) is 5.16 Å². The molecule has 0 aliphatic rings. The van der Waals surface area contributed by atoms with E-state index >= 15 is 0 Å². The van der Waals surface area contributed by atoms with E-state index in [9.17, 15) is 9.59 Å². The third-order valence-corrected chi connectivity index (χ3v) is 4.12. The van der Waals surface area contributed by atoms with Crippen molar-refractivity contribution in [3.8, 4) is 5.75 Å². The zero-order valence-corrected chi connectivity index (χ0v) is 14.6. The van der Waals surface area contributed by atoms with Gasteiger partial charge >= 0.3 is 0 Å². The third kappa shape index (κ3) is 5.73. The molecule has 0 spiro atoms. The Hall–Kier alpha value is -2.28. The molecule has 0 aliphatic carbocycles. The van der Waals surface area contributed by atoms with Crippen molar-refractivity contribution in [3.05, 3.63) is 51.9 Å². The summed E-state index contributed by atoms with van der Waals surface area (Å²) in [5, 5.41) is 3.31. The summed E-state index contributed by atoms with van der Waals surface area (Å²) in [5.41, 5.74) is 1.53. The number of rotatable bonds is 8. The highest BCUT2D eigenvalue weighted by Crippen LogP contribution is 2.13. The van der Waals surface area contributed by atoms with E-state index in [-0.39, 0.29) is 17.2 Å². The Morgan fingerprint density at radius 1 is 1.38 bits per heavy atom. The van der Waals surface area contributed by atoms with E-state index in [4.69, 9.17) is 4.74 Å². The Morgan fingerprint density at radius 3 is 2.96 bits per heavy atom. The lowest BCUT2D eigenvalue weighted by Crippen LogP contribution is -2.24. The number of H-pyrrole nitrogens is 1. The molecule has 0 saturated carbocycles. The van der Waals surface area contributed by atoms with E-state index in [1.807, 2.05) is 31.2 Å². The van der Waals surface area contributed by atoms with Gasteiger partial charge in [0, 0.05) is 18.3 Å². The van der Waals surface area contributed by atoms with Crippen LogP contribution in [0.5, 0.6) is 5.75 Å². The first-order chi connectivity index (χ1) is 11.6. The molecule has 2 N–H and O–H groups in total. The quantitative estimate of drug-likeness (QED) is 0.565. The molecular weight excluding hydrogens is 326 g/mol. The van der Waals surface area contributed by atoms with Crippen LogP contribution in [0.2, 0.25) is 0 Å². The number of nitrogens with one attached hydrogen (secondary N) is 2. The molecule has 1 aromatic carbocycles. The Kier molecular flexibility index (Phi) is 6.87. The maximum Gasteiger partial charge on any atom is 0.251 e. The number of benzene rings is 1. The number of aromatic nitrogens is 2. The first kappa shape index (κ1) is 18.1. The van der Waals surface area contributed by atoms with Crippen LogP contribution >= 0.6 is 11.8 Å². The minimum absolute atomic E-state index is 0.119. The highest BCUT2D eigenvalue weighted by Gasteiger charge is 2.06. The topological polar surface area (TPSA) is 84.1 Å². The van der Waals surface area contributed by atoms with Crippen LogP contribution < -0.4 is 15.6 Å². The second kappa shape index (κ2) is 9.12. The number of carbonyl (C=O) groups is 1. The lowest BCUT2D eigenvalue weighted by Gasteiger charge is -2.07. The molecule has 0 atom stereocenters. The molecule has 0 aliphatic heterocycles. The minimum Gasteiger partial charge on any atom is -0.497 e. The monoisotopic (exact) mass is 347 g/mol. The number of ether oxygens (including phenoxy) is 1. The van der Waals surface area contributed by atoms with Gasteiger partial charge < -0.3 is 15.0 Å². The zero-order chi connectivity index (χ0) is 17.4. The van der Waals surface area contributed by atoms with Crippen molar-refractivity contribution in [2.45, 2.75) is 31.5 Å². The Labute approximate surface area is 145 Å². The SMILES string of the molecule is CCCc1cc(=O)[nH]c(SCC(=O)NCc2cccc(OC)c2)n1. The second-order valence-corrected chi connectivity index (χ2v) is 6.17. The maximum absolute atomic E-state index is 12.0. The van der Waals surface area contributed by atoms with Gasteiger partial charge in [0.1, 0.15) is 5.75 Å². The molecule has 0 bridgehead atoms. The molecule has 2 aromatic rings. The van der Waals surface area contributed by atoms with Crippen LogP contribution in [0.25, 0.3) is 0 Å². The number of aromatic amines is 1. The lowest BCUT2D eigenvalue weighted by molar-refractivity contribution is -0.118. The van der Waals surface area contributed by atoms with Gasteiger partial charge in [-0.2, -0.15) is 0 Å². The fraction of sp³-hybridized carbons (Fsp3) is 0.353. The summed E-state index contributed by atoms with van der Waals surface area (Å²) in [4.78, 5) is 30.5. The van der Waals surface area contributed by atoms with Crippen molar-refractivity contribution in [1.82, 2.24) is 15.3 Å². The molecule has 0 saturated heterocycles. The Bertz CT molecular complexity index is 746. The highest BCUT2D eigenvalue weighted by atomic mass is 32.2. The van der Waals surface area contributed by atoms with Crippen LogP contribution in [0, 0.1) is 0 Å². The van der Waals surface area contributed by atoms with Crippen molar-refractivity contribution in [2.24, 2.45) is 0 Å². The smallest absolute Gasteiger partial charge is 0.251 e. The minimum atomic E-state index is -0.187. The van der Waals surface area contributed by atoms with E-state index < -0.39 is 0 Å². The van der Waals surface area contributed by atoms with Gasteiger partial charge in [0.25, 0.3) is 5.56 Å². The summed E-state index contributed by atoms with van der Waals surface area (Å²) >= 11 is 1.22. The Balaban J connectivity index is 1.85. The van der Waals surface area contributed by atoms with Crippen LogP contribution in [0.3, 0.4) is 0 Å². The number of nitrogens with zero attached hydrogens (tertiary/aromatic N) is 1. The van der Waals surface area contributed by atoms with Crippen molar-refractivity contribution in [3.63, 3.8) is 0 Å². The molecule has 24 heavy (non-hydrogen) atoms. The van der Waals surface area contributed by atoms with E-state index in [1.54, 1.807) is 7.11 Å². The lowest BCUT2D eigenvalue weighted by atomic mass is 10.2. The molecule has 7 heteroatoms. The molecule has 1 heterocycles. The van der Waals surface area contributed by atoms with E-state index in [1.165, 1.54) is 17.8 Å². The fourth-order valence-corrected chi connectivity index (χ4v) is 2.83. The third-order valence-electron chi connectivity index (χ3n) is 3.24. The molecule has 6 nitrogen and oxygen atoms in total. The highest BCUT2D eigenvalue weighted by molar-refractivity contribution is 7.99. The molecule has 2 rings (SSSR count). The molecular formula is C17H21N3O3S. The summed E-state index contributed by atoms with van der Waals surface area (Å²) < 4.78 is 5.15.